The maximum absolute atomic E-state index is 13.1. The topological polar surface area (TPSA) is 79.0 Å². The maximum atomic E-state index is 13.1. The normalized spacial score (nSPS) is 21.6. The van der Waals surface area contributed by atoms with Crippen LogP contribution >= 0.6 is 0 Å². The number of hydrogen-bond acceptors (Lipinski definition) is 5. The van der Waals surface area contributed by atoms with E-state index in [1.807, 2.05) is 6.92 Å². The molecule has 2 heterocycles. The number of piperidine rings is 1. The fourth-order valence-electron chi connectivity index (χ4n) is 3.91. The van der Waals surface area contributed by atoms with Crippen molar-refractivity contribution in [3.05, 3.63) is 18.2 Å². The lowest BCUT2D eigenvalue weighted by Crippen LogP contribution is -2.42. The number of ether oxygens (including phenoxy) is 1. The van der Waals surface area contributed by atoms with Crippen molar-refractivity contribution in [2.75, 3.05) is 38.1 Å². The van der Waals surface area contributed by atoms with Crippen molar-refractivity contribution in [3.63, 3.8) is 0 Å². The molecule has 156 valence electrons. The van der Waals surface area contributed by atoms with Crippen LogP contribution in [0.25, 0.3) is 0 Å². The summed E-state index contributed by atoms with van der Waals surface area (Å²) in [4.78, 5) is 14.8. The zero-order chi connectivity index (χ0) is 20.1. The third-order valence-electron chi connectivity index (χ3n) is 5.50. The van der Waals surface area contributed by atoms with Crippen molar-refractivity contribution >= 4 is 21.6 Å². The van der Waals surface area contributed by atoms with Crippen LogP contribution in [0.5, 0.6) is 5.75 Å². The van der Waals surface area contributed by atoms with Crippen LogP contribution in [-0.4, -0.2) is 62.4 Å². The zero-order valence-corrected chi connectivity index (χ0v) is 17.6. The molecule has 0 aromatic heterocycles. The Morgan fingerprint density at radius 2 is 1.89 bits per heavy atom. The second kappa shape index (κ2) is 9.24. The summed E-state index contributed by atoms with van der Waals surface area (Å²) < 4.78 is 33.1. The SMILES string of the molecule is CCOc1ccc(NC(=O)CN2CCCC[C@@H]2C)cc1S(=O)(=O)N1CCCC1. The van der Waals surface area contributed by atoms with Gasteiger partial charge in [-0.25, -0.2) is 8.42 Å². The molecule has 0 unspecified atom stereocenters. The van der Waals surface area contributed by atoms with E-state index >= 15 is 0 Å². The molecular weight excluding hydrogens is 378 g/mol. The van der Waals surface area contributed by atoms with Crippen LogP contribution in [0.4, 0.5) is 5.69 Å². The number of carbonyl (C=O) groups is 1. The third kappa shape index (κ3) is 4.85. The Hall–Kier alpha value is -1.64. The number of amides is 1. The summed E-state index contributed by atoms with van der Waals surface area (Å²) in [7, 11) is -3.64. The van der Waals surface area contributed by atoms with Crippen molar-refractivity contribution in [1.82, 2.24) is 9.21 Å². The van der Waals surface area contributed by atoms with Gasteiger partial charge in [0, 0.05) is 24.8 Å². The van der Waals surface area contributed by atoms with Gasteiger partial charge in [-0.15, -0.1) is 0 Å². The van der Waals surface area contributed by atoms with Gasteiger partial charge in [-0.3, -0.25) is 9.69 Å². The lowest BCUT2D eigenvalue weighted by atomic mass is 10.0. The van der Waals surface area contributed by atoms with Gasteiger partial charge in [-0.05, 0) is 64.3 Å². The highest BCUT2D eigenvalue weighted by Crippen LogP contribution is 2.31. The Labute approximate surface area is 168 Å². The number of nitrogens with one attached hydrogen (secondary N) is 1. The molecule has 3 rings (SSSR count). The van der Waals surface area contributed by atoms with Gasteiger partial charge in [0.25, 0.3) is 0 Å². The van der Waals surface area contributed by atoms with Crippen molar-refractivity contribution in [3.8, 4) is 5.75 Å². The van der Waals surface area contributed by atoms with Crippen LogP contribution in [0, 0.1) is 0 Å². The highest BCUT2D eigenvalue weighted by atomic mass is 32.2. The van der Waals surface area contributed by atoms with E-state index in [9.17, 15) is 13.2 Å². The lowest BCUT2D eigenvalue weighted by molar-refractivity contribution is -0.118. The minimum absolute atomic E-state index is 0.123. The molecule has 1 amide bonds. The Kier molecular flexibility index (Phi) is 6.95. The number of nitrogens with zero attached hydrogens (tertiary/aromatic N) is 2. The van der Waals surface area contributed by atoms with Gasteiger partial charge in [0.2, 0.25) is 15.9 Å². The van der Waals surface area contributed by atoms with E-state index in [4.69, 9.17) is 4.74 Å². The van der Waals surface area contributed by atoms with Gasteiger partial charge in [0.05, 0.1) is 13.2 Å². The van der Waals surface area contributed by atoms with E-state index in [2.05, 4.69) is 17.1 Å². The first-order valence-corrected chi connectivity index (χ1v) is 11.7. The summed E-state index contributed by atoms with van der Waals surface area (Å²) in [5.74, 6) is 0.208. The van der Waals surface area contributed by atoms with Gasteiger partial charge >= 0.3 is 0 Å². The van der Waals surface area contributed by atoms with Crippen LogP contribution in [0.3, 0.4) is 0 Å². The molecule has 2 aliphatic heterocycles. The van der Waals surface area contributed by atoms with Crippen LogP contribution in [0.15, 0.2) is 23.1 Å². The molecule has 0 spiro atoms. The minimum Gasteiger partial charge on any atom is -0.492 e. The van der Waals surface area contributed by atoms with E-state index in [0.29, 0.717) is 43.7 Å². The van der Waals surface area contributed by atoms with Gasteiger partial charge < -0.3 is 10.1 Å². The van der Waals surface area contributed by atoms with Gasteiger partial charge in [-0.1, -0.05) is 6.42 Å². The molecule has 1 aromatic carbocycles. The van der Waals surface area contributed by atoms with Crippen LogP contribution in [0.2, 0.25) is 0 Å². The molecule has 2 aliphatic rings. The van der Waals surface area contributed by atoms with Gasteiger partial charge in [0.15, 0.2) is 0 Å². The molecule has 8 heteroatoms. The van der Waals surface area contributed by atoms with Crippen LogP contribution in [0.1, 0.15) is 46.0 Å². The summed E-state index contributed by atoms with van der Waals surface area (Å²) in [6.45, 7) is 6.64. The molecule has 0 aliphatic carbocycles. The number of carbonyl (C=O) groups excluding carboxylic acids is 1. The van der Waals surface area contributed by atoms with Gasteiger partial charge in [0.1, 0.15) is 10.6 Å². The zero-order valence-electron chi connectivity index (χ0n) is 16.8. The second-order valence-electron chi connectivity index (χ2n) is 7.57. The number of benzene rings is 1. The predicted octanol–water partition coefficient (Wildman–Crippen LogP) is 2.68. The van der Waals surface area contributed by atoms with E-state index < -0.39 is 10.0 Å². The van der Waals surface area contributed by atoms with E-state index in [1.165, 1.54) is 16.8 Å². The number of sulfonamides is 1. The Morgan fingerprint density at radius 3 is 2.57 bits per heavy atom. The van der Waals surface area contributed by atoms with E-state index in [1.54, 1.807) is 12.1 Å². The Bertz CT molecular complexity index is 791. The van der Waals surface area contributed by atoms with Crippen LogP contribution in [-0.2, 0) is 14.8 Å². The van der Waals surface area contributed by atoms with Crippen molar-refractivity contribution < 1.29 is 17.9 Å². The molecule has 0 saturated carbocycles. The quantitative estimate of drug-likeness (QED) is 0.749. The van der Waals surface area contributed by atoms with Gasteiger partial charge in [-0.2, -0.15) is 4.31 Å². The molecule has 2 saturated heterocycles. The summed E-state index contributed by atoms with van der Waals surface area (Å²) in [6.07, 6.45) is 5.16. The lowest BCUT2D eigenvalue weighted by Gasteiger charge is -2.32. The van der Waals surface area contributed by atoms with Crippen molar-refractivity contribution in [2.24, 2.45) is 0 Å². The highest BCUT2D eigenvalue weighted by molar-refractivity contribution is 7.89. The van der Waals surface area contributed by atoms with Crippen molar-refractivity contribution in [1.29, 1.82) is 0 Å². The molecule has 1 atom stereocenters. The van der Waals surface area contributed by atoms with Crippen molar-refractivity contribution in [2.45, 2.75) is 56.9 Å². The summed E-state index contributed by atoms with van der Waals surface area (Å²) in [5, 5.41) is 2.86. The average Bonchev–Trinajstić information content (AvgIpc) is 3.20. The molecular formula is C20H31N3O4S. The van der Waals surface area contributed by atoms with E-state index in [0.717, 1.165) is 32.2 Å². The Morgan fingerprint density at radius 1 is 1.18 bits per heavy atom. The summed E-state index contributed by atoms with van der Waals surface area (Å²) in [6, 6.07) is 5.25. The molecule has 1 aromatic rings. The number of anilines is 1. The van der Waals surface area contributed by atoms with Crippen LogP contribution < -0.4 is 10.1 Å². The summed E-state index contributed by atoms with van der Waals surface area (Å²) in [5.41, 5.74) is 0.482. The number of hydrogen-bond donors (Lipinski definition) is 1. The third-order valence-corrected chi connectivity index (χ3v) is 7.42. The molecule has 28 heavy (non-hydrogen) atoms. The smallest absolute Gasteiger partial charge is 0.246 e. The largest absolute Gasteiger partial charge is 0.492 e. The number of likely N-dealkylation sites (tertiary alicyclic amines) is 1. The predicted molar refractivity (Wildman–Crippen MR) is 109 cm³/mol. The molecule has 0 bridgehead atoms. The fraction of sp³-hybridized carbons (Fsp3) is 0.650. The second-order valence-corrected chi connectivity index (χ2v) is 9.48. The first kappa shape index (κ1) is 21.1. The van der Waals surface area contributed by atoms with E-state index in [-0.39, 0.29) is 10.8 Å². The highest BCUT2D eigenvalue weighted by Gasteiger charge is 2.30. The minimum atomic E-state index is -3.64. The fourth-order valence-corrected chi connectivity index (χ4v) is 5.58. The standard InChI is InChI=1S/C20H31N3O4S/c1-3-27-18-10-9-17(14-19(18)28(25,26)23-12-6-7-13-23)21-20(24)15-22-11-5-4-8-16(22)2/h9-10,14,16H,3-8,11-13,15H2,1-2H3,(H,21,24)/t16-/m0/s1. The first-order valence-electron chi connectivity index (χ1n) is 10.2. The molecule has 2 fully saturated rings. The first-order chi connectivity index (χ1) is 13.4. The average molecular weight is 410 g/mol. The molecule has 7 nitrogen and oxygen atoms in total. The maximum Gasteiger partial charge on any atom is 0.246 e. The monoisotopic (exact) mass is 409 g/mol. The number of rotatable bonds is 7. The molecule has 1 N–H and O–H groups in total. The molecule has 0 radical (unpaired) electrons. The summed E-state index contributed by atoms with van der Waals surface area (Å²) >= 11 is 0. The Balaban J connectivity index is 1.77.